The minimum Gasteiger partial charge on any atom is -0.492 e. The molecule has 9 nitrogen and oxygen atoms in total. The normalized spacial score (nSPS) is 18.2. The number of rotatable bonds is 13. The van der Waals surface area contributed by atoms with Gasteiger partial charge in [0.15, 0.2) is 0 Å². The second kappa shape index (κ2) is 16.2. The SMILES string of the molecule is N#Cc1cncc(COc2cc(O[C@H]3CCc4c(-c5cccc(OCCCN6CC(O)C6)c5Cl)cccc43)c(Cl)cc2CN2CCC(O)CC2)c1. The Morgan fingerprint density at radius 2 is 1.67 bits per heavy atom. The molecule has 1 aromatic heterocycles. The van der Waals surface area contributed by atoms with E-state index in [9.17, 15) is 15.5 Å². The van der Waals surface area contributed by atoms with E-state index in [1.54, 1.807) is 12.3 Å². The fourth-order valence-corrected chi connectivity index (χ4v) is 7.71. The second-order valence-corrected chi connectivity index (χ2v) is 14.4. The third-order valence-corrected chi connectivity index (χ3v) is 10.6. The third-order valence-electron chi connectivity index (χ3n) is 9.94. The molecule has 11 heteroatoms. The monoisotopic (exact) mass is 728 g/mol. The number of halogens is 2. The molecule has 4 aromatic rings. The van der Waals surface area contributed by atoms with Crippen molar-refractivity contribution < 1.29 is 24.4 Å². The summed E-state index contributed by atoms with van der Waals surface area (Å²) >= 11 is 13.9. The molecule has 1 aliphatic carbocycles. The van der Waals surface area contributed by atoms with Crippen LogP contribution in [0.3, 0.4) is 0 Å². The predicted octanol–water partition coefficient (Wildman–Crippen LogP) is 6.97. The van der Waals surface area contributed by atoms with Gasteiger partial charge in [-0.3, -0.25) is 14.8 Å². The van der Waals surface area contributed by atoms with Crippen LogP contribution in [0.5, 0.6) is 17.2 Å². The molecule has 3 aliphatic rings. The Morgan fingerprint density at radius 1 is 0.863 bits per heavy atom. The van der Waals surface area contributed by atoms with E-state index in [1.807, 2.05) is 36.4 Å². The molecule has 0 spiro atoms. The van der Waals surface area contributed by atoms with Crippen molar-refractivity contribution in [2.45, 2.75) is 63.6 Å². The molecule has 0 bridgehead atoms. The van der Waals surface area contributed by atoms with Gasteiger partial charge in [0, 0.05) is 74.4 Å². The number of fused-ring (bicyclic) bond motifs is 1. The van der Waals surface area contributed by atoms with Crippen LogP contribution in [0.25, 0.3) is 11.1 Å². The van der Waals surface area contributed by atoms with Crippen LogP contribution in [0.2, 0.25) is 10.0 Å². The molecule has 51 heavy (non-hydrogen) atoms. The number of nitrogens with zero attached hydrogens (tertiary/aromatic N) is 4. The first-order valence-electron chi connectivity index (χ1n) is 17.6. The summed E-state index contributed by atoms with van der Waals surface area (Å²) in [5.74, 6) is 1.86. The summed E-state index contributed by atoms with van der Waals surface area (Å²) in [5.41, 5.74) is 6.47. The highest BCUT2D eigenvalue weighted by Crippen LogP contribution is 2.45. The van der Waals surface area contributed by atoms with Crippen LogP contribution in [0.1, 0.15) is 59.6 Å². The van der Waals surface area contributed by atoms with Gasteiger partial charge in [-0.15, -0.1) is 0 Å². The third kappa shape index (κ3) is 8.44. The predicted molar refractivity (Wildman–Crippen MR) is 196 cm³/mol. The van der Waals surface area contributed by atoms with Gasteiger partial charge < -0.3 is 24.4 Å². The second-order valence-electron chi connectivity index (χ2n) is 13.6. The maximum Gasteiger partial charge on any atom is 0.142 e. The molecule has 2 N–H and O–H groups in total. The Labute approximate surface area is 308 Å². The molecule has 0 amide bonds. The number of aliphatic hydroxyl groups is 2. The van der Waals surface area contributed by atoms with Crippen molar-refractivity contribution >= 4 is 23.2 Å². The maximum atomic E-state index is 10.0. The lowest BCUT2D eigenvalue weighted by molar-refractivity contribution is 0.0000495. The molecule has 0 saturated carbocycles. The fraction of sp³-hybridized carbons (Fsp3) is 0.400. The minimum absolute atomic E-state index is 0.200. The van der Waals surface area contributed by atoms with Gasteiger partial charge in [0.05, 0.1) is 34.4 Å². The van der Waals surface area contributed by atoms with Crippen molar-refractivity contribution in [2.75, 3.05) is 39.3 Å². The average molecular weight is 730 g/mol. The first-order valence-corrected chi connectivity index (χ1v) is 18.4. The maximum absolute atomic E-state index is 10.0. The molecule has 7 rings (SSSR count). The number of β-amino-alcohol motifs (C(OH)–C–C–N with tert-alkyl or cyclic N) is 1. The molecule has 1 atom stereocenters. The number of piperidine rings is 1. The fourth-order valence-electron chi connectivity index (χ4n) is 7.20. The van der Waals surface area contributed by atoms with Crippen molar-refractivity contribution in [2.24, 2.45) is 0 Å². The van der Waals surface area contributed by atoms with E-state index in [4.69, 9.17) is 37.4 Å². The smallest absolute Gasteiger partial charge is 0.142 e. The van der Waals surface area contributed by atoms with E-state index < -0.39 is 0 Å². The van der Waals surface area contributed by atoms with Crippen LogP contribution in [-0.2, 0) is 19.6 Å². The van der Waals surface area contributed by atoms with Gasteiger partial charge in [-0.05, 0) is 67.0 Å². The van der Waals surface area contributed by atoms with Crippen molar-refractivity contribution in [3.8, 4) is 34.4 Å². The van der Waals surface area contributed by atoms with Crippen LogP contribution in [0, 0.1) is 11.3 Å². The largest absolute Gasteiger partial charge is 0.492 e. The summed E-state index contributed by atoms with van der Waals surface area (Å²) in [7, 11) is 0. The number of aliphatic hydroxyl groups excluding tert-OH is 2. The Bertz CT molecular complexity index is 1890. The molecule has 0 unspecified atom stereocenters. The quantitative estimate of drug-likeness (QED) is 0.141. The zero-order chi connectivity index (χ0) is 35.3. The number of hydrogen-bond donors (Lipinski definition) is 2. The molecule has 0 radical (unpaired) electrons. The number of hydrogen-bond acceptors (Lipinski definition) is 9. The van der Waals surface area contributed by atoms with E-state index in [0.29, 0.717) is 46.0 Å². The van der Waals surface area contributed by atoms with E-state index in [2.05, 4.69) is 33.0 Å². The number of pyridine rings is 1. The van der Waals surface area contributed by atoms with Gasteiger partial charge in [0.2, 0.25) is 0 Å². The topological polar surface area (TPSA) is 111 Å². The van der Waals surface area contributed by atoms with Gasteiger partial charge in [-0.1, -0.05) is 53.5 Å². The molecule has 2 saturated heterocycles. The number of benzene rings is 3. The van der Waals surface area contributed by atoms with Crippen molar-refractivity contribution in [3.05, 3.63) is 105 Å². The Hall–Kier alpha value is -3.88. The van der Waals surface area contributed by atoms with Crippen LogP contribution < -0.4 is 14.2 Å². The molecular weight excluding hydrogens is 687 g/mol. The lowest BCUT2D eigenvalue weighted by Gasteiger charge is -2.35. The average Bonchev–Trinajstić information content (AvgIpc) is 3.54. The summed E-state index contributed by atoms with van der Waals surface area (Å²) in [4.78, 5) is 8.68. The summed E-state index contributed by atoms with van der Waals surface area (Å²) < 4.78 is 19.2. The molecule has 2 fully saturated rings. The summed E-state index contributed by atoms with van der Waals surface area (Å²) in [6, 6.07) is 19.9. The molecule has 266 valence electrons. The highest BCUT2D eigenvalue weighted by atomic mass is 35.5. The zero-order valence-electron chi connectivity index (χ0n) is 28.4. The van der Waals surface area contributed by atoms with Gasteiger partial charge in [-0.2, -0.15) is 5.26 Å². The van der Waals surface area contributed by atoms with Crippen LogP contribution in [-0.4, -0.2) is 76.5 Å². The highest BCUT2D eigenvalue weighted by Gasteiger charge is 2.29. The Balaban J connectivity index is 1.09. The van der Waals surface area contributed by atoms with Crippen molar-refractivity contribution in [1.29, 1.82) is 5.26 Å². The number of likely N-dealkylation sites (tertiary alicyclic amines) is 2. The van der Waals surface area contributed by atoms with Crippen LogP contribution in [0.15, 0.2) is 67.0 Å². The number of ether oxygens (including phenoxy) is 3. The highest BCUT2D eigenvalue weighted by molar-refractivity contribution is 6.35. The van der Waals surface area contributed by atoms with Crippen LogP contribution in [0.4, 0.5) is 0 Å². The Kier molecular flexibility index (Phi) is 11.3. The number of aromatic nitrogens is 1. The van der Waals surface area contributed by atoms with Crippen molar-refractivity contribution in [3.63, 3.8) is 0 Å². The summed E-state index contributed by atoms with van der Waals surface area (Å²) in [5, 5.41) is 30.0. The first-order chi connectivity index (χ1) is 24.8. The van der Waals surface area contributed by atoms with Gasteiger partial charge in [-0.25, -0.2) is 0 Å². The van der Waals surface area contributed by atoms with E-state index in [-0.39, 0.29) is 24.9 Å². The van der Waals surface area contributed by atoms with Crippen LogP contribution >= 0.6 is 23.2 Å². The van der Waals surface area contributed by atoms with E-state index in [1.165, 1.54) is 11.8 Å². The minimum atomic E-state index is -0.263. The standard InChI is InChI=1S/C40H42Cl2N4O5/c41-35-17-28(22-45-13-10-29(47)11-14-45)38(50-25-27-16-26(19-43)20-44-21-27)18-39(35)51-36-9-8-32-31(4-1-5-33(32)36)34-6-2-7-37(40(34)42)49-15-3-12-46-23-30(48)24-46/h1-2,4-7,16-18,20-21,29-30,36,47-48H,3,8-15,22-25H2/t36-/m0/s1. The molecule has 3 aromatic carbocycles. The molecular formula is C40H42Cl2N4O5. The number of nitriles is 1. The summed E-state index contributed by atoms with van der Waals surface area (Å²) in [6.07, 6.45) is 6.47. The molecule has 2 aliphatic heterocycles. The Morgan fingerprint density at radius 3 is 2.47 bits per heavy atom. The molecule has 3 heterocycles. The lowest BCUT2D eigenvalue weighted by atomic mass is 9.96. The van der Waals surface area contributed by atoms with E-state index in [0.717, 1.165) is 92.6 Å². The zero-order valence-corrected chi connectivity index (χ0v) is 30.0. The van der Waals surface area contributed by atoms with Gasteiger partial charge in [0.1, 0.15) is 36.0 Å². The van der Waals surface area contributed by atoms with E-state index >= 15 is 0 Å². The lowest BCUT2D eigenvalue weighted by Crippen LogP contribution is -2.50. The van der Waals surface area contributed by atoms with Gasteiger partial charge in [0.25, 0.3) is 0 Å². The summed E-state index contributed by atoms with van der Waals surface area (Å²) in [6.45, 7) is 5.33. The van der Waals surface area contributed by atoms with Crippen molar-refractivity contribution in [1.82, 2.24) is 14.8 Å². The first kappa shape index (κ1) is 35.5. The van der Waals surface area contributed by atoms with Gasteiger partial charge >= 0.3 is 0 Å².